The van der Waals surface area contributed by atoms with Gasteiger partial charge in [0, 0.05) is 36.9 Å². The molecule has 11 rings (SSSR count). The van der Waals surface area contributed by atoms with Gasteiger partial charge in [-0.2, -0.15) is 0 Å². The number of hydrogen-bond acceptors (Lipinski definition) is 4. The Morgan fingerprint density at radius 3 is 1.54 bits per heavy atom. The SMILES string of the molecule is CCCCCCCCc1cc(-c2cc(-c3ccc4c(c3)sc3c5ccc(C)cc5sc43)nc(-c3cc(-c4cccc5ccccc45)cc(-c4cccc5ccccc45)c3)n2)c(CCCCCCCC)cc1C. The molecule has 0 aliphatic rings. The normalized spacial score (nSPS) is 11.8. The molecule has 72 heavy (non-hydrogen) atoms. The van der Waals surface area contributed by atoms with E-state index >= 15 is 0 Å². The third kappa shape index (κ3) is 10.0. The molecule has 360 valence electrons. The highest BCUT2D eigenvalue weighted by atomic mass is 32.1. The van der Waals surface area contributed by atoms with Crippen LogP contribution in [0.5, 0.6) is 0 Å². The van der Waals surface area contributed by atoms with Crippen LogP contribution in [0.4, 0.5) is 0 Å². The Bertz CT molecular complexity index is 3610. The van der Waals surface area contributed by atoms with E-state index in [2.05, 4.69) is 185 Å². The van der Waals surface area contributed by atoms with E-state index in [1.807, 2.05) is 22.7 Å². The van der Waals surface area contributed by atoms with Crippen molar-refractivity contribution in [2.75, 3.05) is 0 Å². The summed E-state index contributed by atoms with van der Waals surface area (Å²) in [6.07, 6.45) is 17.5. The Morgan fingerprint density at radius 1 is 0.375 bits per heavy atom. The van der Waals surface area contributed by atoms with Crippen LogP contribution in [-0.4, -0.2) is 9.97 Å². The molecule has 0 amide bonds. The summed E-state index contributed by atoms with van der Waals surface area (Å²) in [4.78, 5) is 11.4. The number of fused-ring (bicyclic) bond motifs is 7. The smallest absolute Gasteiger partial charge is 0.160 e. The minimum absolute atomic E-state index is 0.753. The molecule has 11 aromatic rings. The number of benzene rings is 8. The van der Waals surface area contributed by atoms with Gasteiger partial charge in [0.15, 0.2) is 5.82 Å². The van der Waals surface area contributed by atoms with Crippen LogP contribution in [0.25, 0.3) is 107 Å². The largest absolute Gasteiger partial charge is 0.228 e. The molecule has 0 radical (unpaired) electrons. The molecule has 0 bridgehead atoms. The van der Waals surface area contributed by atoms with Gasteiger partial charge in [0.1, 0.15) is 0 Å². The van der Waals surface area contributed by atoms with Gasteiger partial charge in [-0.3, -0.25) is 0 Å². The number of nitrogens with zero attached hydrogens (tertiary/aromatic N) is 2. The minimum atomic E-state index is 0.753. The Balaban J connectivity index is 1.11. The van der Waals surface area contributed by atoms with Gasteiger partial charge >= 0.3 is 0 Å². The lowest BCUT2D eigenvalue weighted by Crippen LogP contribution is -2.02. The van der Waals surface area contributed by atoms with E-state index in [0.717, 1.165) is 52.3 Å². The number of aromatic nitrogens is 2. The van der Waals surface area contributed by atoms with Crippen LogP contribution >= 0.6 is 22.7 Å². The minimum Gasteiger partial charge on any atom is -0.228 e. The highest BCUT2D eigenvalue weighted by Crippen LogP contribution is 2.46. The van der Waals surface area contributed by atoms with E-state index in [4.69, 9.17) is 9.97 Å². The summed E-state index contributed by atoms with van der Waals surface area (Å²) < 4.78 is 5.43. The molecule has 0 saturated heterocycles. The van der Waals surface area contributed by atoms with Crippen LogP contribution in [0.15, 0.2) is 158 Å². The number of unbranched alkanes of at least 4 members (excludes halogenated alkanes) is 10. The fourth-order valence-corrected chi connectivity index (χ4v) is 13.9. The summed E-state index contributed by atoms with van der Waals surface area (Å²) in [6.45, 7) is 9.14. The van der Waals surface area contributed by atoms with Crippen LogP contribution in [0.3, 0.4) is 0 Å². The third-order valence-corrected chi connectivity index (χ3v) is 17.6. The molecule has 8 aromatic carbocycles. The molecule has 0 unspecified atom stereocenters. The fraction of sp³-hybridized carbons (Fsp3) is 0.265. The van der Waals surface area contributed by atoms with E-state index in [1.54, 1.807) is 0 Å². The maximum atomic E-state index is 5.75. The summed E-state index contributed by atoms with van der Waals surface area (Å²) in [6, 6.07) is 59.3. The summed E-state index contributed by atoms with van der Waals surface area (Å²) in [5, 5.41) is 7.62. The number of rotatable bonds is 19. The van der Waals surface area contributed by atoms with E-state index in [1.165, 1.54) is 167 Å². The summed E-state index contributed by atoms with van der Waals surface area (Å²) in [7, 11) is 0. The van der Waals surface area contributed by atoms with Gasteiger partial charge in [-0.25, -0.2) is 9.97 Å². The van der Waals surface area contributed by atoms with Crippen molar-refractivity contribution in [3.63, 3.8) is 0 Å². The molecule has 0 atom stereocenters. The van der Waals surface area contributed by atoms with Gasteiger partial charge in [0.25, 0.3) is 0 Å². The van der Waals surface area contributed by atoms with Crippen molar-refractivity contribution in [1.82, 2.24) is 9.97 Å². The molecule has 2 nitrogen and oxygen atoms in total. The molecule has 0 saturated carbocycles. The second-order valence-electron chi connectivity index (χ2n) is 20.4. The first-order chi connectivity index (χ1) is 35.4. The Labute approximate surface area is 434 Å². The number of hydrogen-bond donors (Lipinski definition) is 0. The van der Waals surface area contributed by atoms with Gasteiger partial charge in [0.2, 0.25) is 0 Å². The average molecular weight is 975 g/mol. The first kappa shape index (κ1) is 47.8. The zero-order chi connectivity index (χ0) is 49.0. The van der Waals surface area contributed by atoms with Crippen molar-refractivity contribution < 1.29 is 0 Å². The highest BCUT2D eigenvalue weighted by Gasteiger charge is 2.20. The van der Waals surface area contributed by atoms with Crippen molar-refractivity contribution >= 4 is 73.8 Å². The zero-order valence-corrected chi connectivity index (χ0v) is 44.3. The molecule has 3 heterocycles. The van der Waals surface area contributed by atoms with Gasteiger partial charge in [-0.15, -0.1) is 22.7 Å². The van der Waals surface area contributed by atoms with E-state index in [0.29, 0.717) is 0 Å². The highest BCUT2D eigenvalue weighted by molar-refractivity contribution is 7.36. The first-order valence-electron chi connectivity index (χ1n) is 26.9. The van der Waals surface area contributed by atoms with E-state index in [-0.39, 0.29) is 0 Å². The van der Waals surface area contributed by atoms with Crippen molar-refractivity contribution in [3.05, 3.63) is 180 Å². The molecule has 4 heteroatoms. The molecule has 0 aliphatic carbocycles. The topological polar surface area (TPSA) is 25.8 Å². The van der Waals surface area contributed by atoms with Gasteiger partial charge in [-0.1, -0.05) is 193 Å². The van der Waals surface area contributed by atoms with Crippen molar-refractivity contribution in [1.29, 1.82) is 0 Å². The summed E-state index contributed by atoms with van der Waals surface area (Å²) >= 11 is 3.84. The van der Waals surface area contributed by atoms with Gasteiger partial charge in [-0.05, 0) is 148 Å². The average Bonchev–Trinajstić information content (AvgIpc) is 3.95. The van der Waals surface area contributed by atoms with Crippen molar-refractivity contribution in [2.45, 2.75) is 118 Å². The van der Waals surface area contributed by atoms with Gasteiger partial charge in [0.05, 0.1) is 20.8 Å². The Hall–Kier alpha value is -6.46. The maximum absolute atomic E-state index is 5.75. The first-order valence-corrected chi connectivity index (χ1v) is 28.5. The van der Waals surface area contributed by atoms with Crippen LogP contribution in [-0.2, 0) is 12.8 Å². The molecular weight excluding hydrogens is 909 g/mol. The third-order valence-electron chi connectivity index (χ3n) is 15.1. The number of thiophene rings is 2. The van der Waals surface area contributed by atoms with Crippen LogP contribution < -0.4 is 0 Å². The fourth-order valence-electron chi connectivity index (χ4n) is 11.1. The zero-order valence-electron chi connectivity index (χ0n) is 42.6. The van der Waals surface area contributed by atoms with E-state index in [9.17, 15) is 0 Å². The van der Waals surface area contributed by atoms with Crippen LogP contribution in [0.2, 0.25) is 0 Å². The maximum Gasteiger partial charge on any atom is 0.160 e. The summed E-state index contributed by atoms with van der Waals surface area (Å²) in [5.41, 5.74) is 15.7. The molecule has 0 fully saturated rings. The second-order valence-corrected chi connectivity index (χ2v) is 22.5. The van der Waals surface area contributed by atoms with Crippen molar-refractivity contribution in [2.24, 2.45) is 0 Å². The lowest BCUT2D eigenvalue weighted by molar-refractivity contribution is 0.605. The predicted molar refractivity (Wildman–Crippen MR) is 316 cm³/mol. The molecule has 0 N–H and O–H groups in total. The van der Waals surface area contributed by atoms with Gasteiger partial charge < -0.3 is 0 Å². The molecule has 0 aliphatic heterocycles. The second kappa shape index (κ2) is 21.7. The molecule has 0 spiro atoms. The quantitative estimate of drug-likeness (QED) is 0.0755. The predicted octanol–water partition coefficient (Wildman–Crippen LogP) is 21.1. The lowest BCUT2D eigenvalue weighted by atomic mass is 9.90. The summed E-state index contributed by atoms with van der Waals surface area (Å²) in [5.74, 6) is 0.753. The molecular formula is C68H66N2S2. The monoisotopic (exact) mass is 974 g/mol. The standard InChI is InChI=1S/C68H66N2S2/c1-5-7-9-11-13-15-25-49-42-61(50(38-46(49)4)26-16-14-12-10-8-6-2)63-44-62(51-34-36-60-65(43-51)72-66-59-35-33-45(3)37-64(59)71-67(60)66)69-68(70-63)54-40-52(57-31-21-27-47-23-17-19-29-55(47)57)39-53(41-54)58-32-22-28-48-24-18-20-30-56(48)58/h17-24,27-44H,5-16,25-26H2,1-4H3. The lowest BCUT2D eigenvalue weighted by Gasteiger charge is -2.18. The van der Waals surface area contributed by atoms with Crippen LogP contribution in [0, 0.1) is 13.8 Å². The van der Waals surface area contributed by atoms with Crippen molar-refractivity contribution in [3.8, 4) is 56.2 Å². The Morgan fingerprint density at radius 2 is 0.903 bits per heavy atom. The molecule has 3 aromatic heterocycles. The van der Waals surface area contributed by atoms with Crippen LogP contribution in [0.1, 0.15) is 113 Å². The van der Waals surface area contributed by atoms with E-state index < -0.39 is 0 Å². The number of aryl methyl sites for hydroxylation is 4. The Kier molecular flexibility index (Phi) is 14.4.